The van der Waals surface area contributed by atoms with Crippen molar-refractivity contribution in [1.29, 1.82) is 0 Å². The van der Waals surface area contributed by atoms with Crippen molar-refractivity contribution in [3.8, 4) is 0 Å². The van der Waals surface area contributed by atoms with Crippen LogP contribution in [0.15, 0.2) is 0 Å². The fourth-order valence-corrected chi connectivity index (χ4v) is 2.94. The van der Waals surface area contributed by atoms with Gasteiger partial charge in [0.25, 0.3) is 0 Å². The van der Waals surface area contributed by atoms with Crippen molar-refractivity contribution in [2.45, 2.75) is 38.6 Å². The quantitative estimate of drug-likeness (QED) is 0.588. The Morgan fingerprint density at radius 1 is 1.30 bits per heavy atom. The molecule has 2 N–H and O–H groups in total. The first-order valence-corrected chi connectivity index (χ1v) is 4.53. The fraction of sp³-hybridized carbons (Fsp3) is 1.00. The summed E-state index contributed by atoms with van der Waals surface area (Å²) in [6, 6.07) is 0.454. The van der Waals surface area contributed by atoms with Crippen LogP contribution >= 0.6 is 0 Å². The van der Waals surface area contributed by atoms with E-state index in [-0.39, 0.29) is 0 Å². The number of nitrogens with two attached hydrogens (primary N) is 1. The van der Waals surface area contributed by atoms with E-state index in [2.05, 4.69) is 6.92 Å². The van der Waals surface area contributed by atoms with Crippen molar-refractivity contribution in [2.75, 3.05) is 0 Å². The summed E-state index contributed by atoms with van der Waals surface area (Å²) < 4.78 is 0. The third-order valence-electron chi connectivity index (χ3n) is 3.47. The Morgan fingerprint density at radius 2 is 2.10 bits per heavy atom. The Hall–Kier alpha value is -0.0400. The SMILES string of the molecule is C[C@@H](N)C1C[C@H]2CCC1C2. The zero-order chi connectivity index (χ0) is 7.14. The highest BCUT2D eigenvalue weighted by Gasteiger charge is 2.40. The molecule has 0 saturated heterocycles. The topological polar surface area (TPSA) is 26.0 Å². The maximum atomic E-state index is 5.88. The Labute approximate surface area is 63.0 Å². The highest BCUT2D eigenvalue weighted by molar-refractivity contribution is 4.92. The molecule has 4 atom stereocenters. The summed E-state index contributed by atoms with van der Waals surface area (Å²) in [5.74, 6) is 2.93. The molecule has 2 fully saturated rings. The third-order valence-corrected chi connectivity index (χ3v) is 3.47. The van der Waals surface area contributed by atoms with Crippen molar-refractivity contribution in [2.24, 2.45) is 23.5 Å². The van der Waals surface area contributed by atoms with Gasteiger partial charge in [-0.05, 0) is 43.9 Å². The first-order valence-electron chi connectivity index (χ1n) is 4.53. The Bertz CT molecular complexity index is 131. The molecule has 2 aliphatic carbocycles. The molecule has 1 nitrogen and oxygen atoms in total. The van der Waals surface area contributed by atoms with E-state index in [0.717, 1.165) is 17.8 Å². The highest BCUT2D eigenvalue weighted by Crippen LogP contribution is 2.49. The molecule has 0 aromatic carbocycles. The molecule has 0 aromatic rings. The largest absolute Gasteiger partial charge is 0.328 e. The minimum Gasteiger partial charge on any atom is -0.328 e. The Balaban J connectivity index is 2.02. The second-order valence-electron chi connectivity index (χ2n) is 4.20. The lowest BCUT2D eigenvalue weighted by atomic mass is 9.84. The summed E-state index contributed by atoms with van der Waals surface area (Å²) in [7, 11) is 0. The predicted octanol–water partition coefficient (Wildman–Crippen LogP) is 1.77. The molecule has 0 amide bonds. The van der Waals surface area contributed by atoms with E-state index in [0.29, 0.717) is 6.04 Å². The molecule has 58 valence electrons. The van der Waals surface area contributed by atoms with Gasteiger partial charge in [-0.1, -0.05) is 6.42 Å². The number of hydrogen-bond acceptors (Lipinski definition) is 1. The van der Waals surface area contributed by atoms with E-state index in [1.807, 2.05) is 0 Å². The maximum Gasteiger partial charge on any atom is 0.00415 e. The zero-order valence-corrected chi connectivity index (χ0v) is 6.72. The second-order valence-corrected chi connectivity index (χ2v) is 4.20. The smallest absolute Gasteiger partial charge is 0.00415 e. The van der Waals surface area contributed by atoms with E-state index in [4.69, 9.17) is 5.73 Å². The number of fused-ring (bicyclic) bond motifs is 2. The van der Waals surface area contributed by atoms with Crippen LogP contribution in [0.4, 0.5) is 0 Å². The molecule has 0 aliphatic heterocycles. The van der Waals surface area contributed by atoms with Crippen molar-refractivity contribution >= 4 is 0 Å². The molecule has 0 heterocycles. The molecule has 0 spiro atoms. The summed E-state index contributed by atoms with van der Waals surface area (Å²) in [5, 5.41) is 0. The minimum atomic E-state index is 0.454. The van der Waals surface area contributed by atoms with Crippen LogP contribution in [0.25, 0.3) is 0 Å². The molecule has 2 unspecified atom stereocenters. The van der Waals surface area contributed by atoms with Gasteiger partial charge >= 0.3 is 0 Å². The van der Waals surface area contributed by atoms with Gasteiger partial charge in [0.15, 0.2) is 0 Å². The van der Waals surface area contributed by atoms with Crippen LogP contribution in [0.2, 0.25) is 0 Å². The van der Waals surface area contributed by atoms with Crippen LogP contribution in [0.3, 0.4) is 0 Å². The van der Waals surface area contributed by atoms with Gasteiger partial charge in [-0.3, -0.25) is 0 Å². The zero-order valence-electron chi connectivity index (χ0n) is 6.72. The first kappa shape index (κ1) is 6.66. The van der Waals surface area contributed by atoms with Gasteiger partial charge in [-0.25, -0.2) is 0 Å². The van der Waals surface area contributed by atoms with Crippen molar-refractivity contribution < 1.29 is 0 Å². The molecule has 1 heteroatoms. The van der Waals surface area contributed by atoms with Gasteiger partial charge in [0, 0.05) is 6.04 Å². The number of rotatable bonds is 1. The van der Waals surface area contributed by atoms with Crippen molar-refractivity contribution in [3.05, 3.63) is 0 Å². The Morgan fingerprint density at radius 3 is 2.40 bits per heavy atom. The van der Waals surface area contributed by atoms with Gasteiger partial charge < -0.3 is 5.73 Å². The average Bonchev–Trinajstić information content (AvgIpc) is 2.44. The third kappa shape index (κ3) is 0.878. The van der Waals surface area contributed by atoms with Crippen LogP contribution in [-0.2, 0) is 0 Å². The molecular weight excluding hydrogens is 122 g/mol. The lowest BCUT2D eigenvalue weighted by Crippen LogP contribution is -2.30. The molecular formula is C9H17N. The van der Waals surface area contributed by atoms with E-state index in [9.17, 15) is 0 Å². The second kappa shape index (κ2) is 2.23. The molecule has 2 saturated carbocycles. The van der Waals surface area contributed by atoms with Crippen molar-refractivity contribution in [3.63, 3.8) is 0 Å². The Kier molecular flexibility index (Phi) is 1.48. The van der Waals surface area contributed by atoms with Crippen LogP contribution in [0.1, 0.15) is 32.6 Å². The van der Waals surface area contributed by atoms with Gasteiger partial charge in [-0.15, -0.1) is 0 Å². The van der Waals surface area contributed by atoms with Gasteiger partial charge in [0.05, 0.1) is 0 Å². The highest BCUT2D eigenvalue weighted by atomic mass is 14.7. The lowest BCUT2D eigenvalue weighted by molar-refractivity contribution is 0.293. The fourth-order valence-electron chi connectivity index (χ4n) is 2.94. The van der Waals surface area contributed by atoms with E-state index in [1.165, 1.54) is 25.7 Å². The van der Waals surface area contributed by atoms with Gasteiger partial charge in [0.2, 0.25) is 0 Å². The molecule has 2 rings (SSSR count). The molecule has 10 heavy (non-hydrogen) atoms. The van der Waals surface area contributed by atoms with E-state index in [1.54, 1.807) is 0 Å². The van der Waals surface area contributed by atoms with E-state index < -0.39 is 0 Å². The average molecular weight is 139 g/mol. The van der Waals surface area contributed by atoms with Crippen LogP contribution in [0.5, 0.6) is 0 Å². The van der Waals surface area contributed by atoms with Crippen molar-refractivity contribution in [1.82, 2.24) is 0 Å². The minimum absolute atomic E-state index is 0.454. The summed E-state index contributed by atoms with van der Waals surface area (Å²) in [6.07, 6.45) is 5.89. The standard InChI is InChI=1S/C9H17N/c1-6(10)9-5-7-2-3-8(9)4-7/h6-9H,2-5,10H2,1H3/t6-,7+,8?,9?/m1/s1. The maximum absolute atomic E-state index is 5.88. The molecule has 2 aliphatic rings. The summed E-state index contributed by atoms with van der Waals surface area (Å²) in [4.78, 5) is 0. The molecule has 0 aromatic heterocycles. The predicted molar refractivity (Wildman–Crippen MR) is 42.6 cm³/mol. The van der Waals surface area contributed by atoms with E-state index >= 15 is 0 Å². The number of hydrogen-bond donors (Lipinski definition) is 1. The monoisotopic (exact) mass is 139 g/mol. The summed E-state index contributed by atoms with van der Waals surface area (Å²) in [6.45, 7) is 2.17. The first-order chi connectivity index (χ1) is 4.77. The van der Waals surface area contributed by atoms with Gasteiger partial charge in [-0.2, -0.15) is 0 Å². The van der Waals surface area contributed by atoms with Crippen LogP contribution in [-0.4, -0.2) is 6.04 Å². The summed E-state index contributed by atoms with van der Waals surface area (Å²) in [5.41, 5.74) is 5.88. The lowest BCUT2D eigenvalue weighted by Gasteiger charge is -2.24. The van der Waals surface area contributed by atoms with Crippen LogP contribution in [0, 0.1) is 17.8 Å². The van der Waals surface area contributed by atoms with Crippen LogP contribution < -0.4 is 5.73 Å². The normalized spacial score (nSPS) is 48.0. The molecule has 2 bridgehead atoms. The molecule has 0 radical (unpaired) electrons. The van der Waals surface area contributed by atoms with Gasteiger partial charge in [0.1, 0.15) is 0 Å². The summed E-state index contributed by atoms with van der Waals surface area (Å²) >= 11 is 0.